The molecule has 21 heavy (non-hydrogen) atoms. The number of allylic oxidation sites excluding steroid dienone is 2. The third kappa shape index (κ3) is 2.87. The van der Waals surface area contributed by atoms with E-state index >= 15 is 0 Å². The maximum Gasteiger partial charge on any atom is 0.251 e. The summed E-state index contributed by atoms with van der Waals surface area (Å²) in [5.41, 5.74) is 4.23. The summed E-state index contributed by atoms with van der Waals surface area (Å²) in [5.74, 6) is 0.614. The molecule has 0 saturated heterocycles. The van der Waals surface area contributed by atoms with E-state index in [0.29, 0.717) is 5.92 Å². The summed E-state index contributed by atoms with van der Waals surface area (Å²) in [7, 11) is 0. The monoisotopic (exact) mass is 282 g/mol. The van der Waals surface area contributed by atoms with E-state index in [1.54, 1.807) is 0 Å². The number of aromatic amines is 1. The van der Waals surface area contributed by atoms with Gasteiger partial charge in [-0.3, -0.25) is 4.79 Å². The third-order valence-corrected chi connectivity index (χ3v) is 4.50. The normalized spacial score (nSPS) is 18.1. The number of aryl methyl sites for hydroxylation is 2. The van der Waals surface area contributed by atoms with Crippen LogP contribution in [-0.2, 0) is 0 Å². The lowest BCUT2D eigenvalue weighted by Gasteiger charge is -2.18. The van der Waals surface area contributed by atoms with Gasteiger partial charge in [-0.25, -0.2) is 0 Å². The van der Waals surface area contributed by atoms with E-state index in [-0.39, 0.29) is 5.91 Å². The summed E-state index contributed by atoms with van der Waals surface area (Å²) in [4.78, 5) is 15.6. The van der Waals surface area contributed by atoms with Gasteiger partial charge in [0.05, 0.1) is 0 Å². The van der Waals surface area contributed by atoms with Gasteiger partial charge in [-0.2, -0.15) is 0 Å². The van der Waals surface area contributed by atoms with Gasteiger partial charge in [0.25, 0.3) is 5.91 Å². The Hall–Kier alpha value is -2.03. The molecule has 0 saturated carbocycles. The summed E-state index contributed by atoms with van der Waals surface area (Å²) in [6.07, 6.45) is 7.83. The van der Waals surface area contributed by atoms with Gasteiger partial charge in [0.1, 0.15) is 0 Å². The van der Waals surface area contributed by atoms with E-state index in [2.05, 4.69) is 36.3 Å². The smallest absolute Gasteiger partial charge is 0.251 e. The minimum atomic E-state index is 0.0321. The molecular weight excluding hydrogens is 260 g/mol. The molecule has 1 aromatic heterocycles. The lowest BCUT2D eigenvalue weighted by atomic mass is 9.94. The zero-order chi connectivity index (χ0) is 14.8. The zero-order valence-electron chi connectivity index (χ0n) is 12.7. The molecule has 0 radical (unpaired) electrons. The highest BCUT2D eigenvalue weighted by atomic mass is 16.1. The fraction of sp³-hybridized carbons (Fsp3) is 0.389. The standard InChI is InChI=1S/C18H22N2O/c1-12-13(2)20-17-9-8-15(10-16(12)17)18(21)19-11-14-6-4-3-5-7-14/h3-4,8-10,14,20H,5-7,11H2,1-2H3,(H,19,21). The number of nitrogens with one attached hydrogen (secondary N) is 2. The molecule has 1 unspecified atom stereocenters. The molecule has 0 fully saturated rings. The average Bonchev–Trinajstić information content (AvgIpc) is 2.80. The van der Waals surface area contributed by atoms with Crippen LogP contribution in [-0.4, -0.2) is 17.4 Å². The molecule has 1 atom stereocenters. The van der Waals surface area contributed by atoms with Crippen molar-refractivity contribution in [2.75, 3.05) is 6.54 Å². The SMILES string of the molecule is Cc1[nH]c2ccc(C(=O)NCC3CC=CCC3)cc2c1C. The molecule has 1 aliphatic carbocycles. The lowest BCUT2D eigenvalue weighted by molar-refractivity contribution is 0.0946. The molecule has 1 heterocycles. The predicted octanol–water partition coefficient (Wildman–Crippen LogP) is 3.87. The van der Waals surface area contributed by atoms with Crippen LogP contribution in [0.2, 0.25) is 0 Å². The molecule has 0 spiro atoms. The van der Waals surface area contributed by atoms with E-state index in [4.69, 9.17) is 0 Å². The third-order valence-electron chi connectivity index (χ3n) is 4.50. The average molecular weight is 282 g/mol. The molecule has 2 N–H and O–H groups in total. The summed E-state index contributed by atoms with van der Waals surface area (Å²) in [6, 6.07) is 5.88. The van der Waals surface area contributed by atoms with Crippen LogP contribution in [0.25, 0.3) is 10.9 Å². The molecule has 110 valence electrons. The first-order chi connectivity index (χ1) is 10.1. The Morgan fingerprint density at radius 2 is 2.19 bits per heavy atom. The van der Waals surface area contributed by atoms with Crippen molar-refractivity contribution in [3.8, 4) is 0 Å². The van der Waals surface area contributed by atoms with E-state index < -0.39 is 0 Å². The number of carbonyl (C=O) groups excluding carboxylic acids is 1. The molecule has 1 aromatic carbocycles. The maximum atomic E-state index is 12.3. The zero-order valence-corrected chi connectivity index (χ0v) is 12.7. The number of fused-ring (bicyclic) bond motifs is 1. The second-order valence-corrected chi connectivity index (χ2v) is 6.00. The second kappa shape index (κ2) is 5.76. The number of benzene rings is 1. The fourth-order valence-electron chi connectivity index (χ4n) is 2.98. The van der Waals surface area contributed by atoms with Crippen LogP contribution in [0.15, 0.2) is 30.4 Å². The lowest BCUT2D eigenvalue weighted by Crippen LogP contribution is -2.29. The Kier molecular flexibility index (Phi) is 3.82. The molecule has 1 amide bonds. The summed E-state index contributed by atoms with van der Waals surface area (Å²) in [5, 5.41) is 4.22. The number of hydrogen-bond acceptors (Lipinski definition) is 1. The molecule has 3 rings (SSSR count). The van der Waals surface area contributed by atoms with Crippen LogP contribution in [0.4, 0.5) is 0 Å². The van der Waals surface area contributed by atoms with Crippen molar-refractivity contribution < 1.29 is 4.79 Å². The highest BCUT2D eigenvalue weighted by Gasteiger charge is 2.13. The predicted molar refractivity (Wildman–Crippen MR) is 86.6 cm³/mol. The minimum absolute atomic E-state index is 0.0321. The van der Waals surface area contributed by atoms with Gasteiger partial charge in [0.2, 0.25) is 0 Å². The van der Waals surface area contributed by atoms with Crippen LogP contribution in [0.3, 0.4) is 0 Å². The van der Waals surface area contributed by atoms with Gasteiger partial charge >= 0.3 is 0 Å². The number of amides is 1. The quantitative estimate of drug-likeness (QED) is 0.825. The largest absolute Gasteiger partial charge is 0.358 e. The van der Waals surface area contributed by atoms with Crippen molar-refractivity contribution in [1.29, 1.82) is 0 Å². The molecular formula is C18H22N2O. The van der Waals surface area contributed by atoms with Crippen molar-refractivity contribution in [2.24, 2.45) is 5.92 Å². The molecule has 1 aliphatic rings. The molecule has 0 bridgehead atoms. The first-order valence-electron chi connectivity index (χ1n) is 7.67. The van der Waals surface area contributed by atoms with E-state index in [1.165, 1.54) is 12.0 Å². The van der Waals surface area contributed by atoms with Crippen LogP contribution >= 0.6 is 0 Å². The first kappa shape index (κ1) is 13.9. The van der Waals surface area contributed by atoms with Crippen molar-refractivity contribution in [2.45, 2.75) is 33.1 Å². The van der Waals surface area contributed by atoms with Crippen molar-refractivity contribution in [3.05, 3.63) is 47.2 Å². The van der Waals surface area contributed by atoms with Crippen LogP contribution in [0.5, 0.6) is 0 Å². The number of hydrogen-bond donors (Lipinski definition) is 2. The van der Waals surface area contributed by atoms with Crippen molar-refractivity contribution in [1.82, 2.24) is 10.3 Å². The molecule has 0 aliphatic heterocycles. The molecule has 3 nitrogen and oxygen atoms in total. The van der Waals surface area contributed by atoms with E-state index in [9.17, 15) is 4.79 Å². The van der Waals surface area contributed by atoms with E-state index in [0.717, 1.165) is 41.5 Å². The Bertz CT molecular complexity index is 697. The second-order valence-electron chi connectivity index (χ2n) is 6.00. The van der Waals surface area contributed by atoms with Crippen LogP contribution < -0.4 is 5.32 Å². The van der Waals surface area contributed by atoms with Gasteiger partial charge in [0.15, 0.2) is 0 Å². The van der Waals surface area contributed by atoms with Crippen molar-refractivity contribution in [3.63, 3.8) is 0 Å². The maximum absolute atomic E-state index is 12.3. The minimum Gasteiger partial charge on any atom is -0.358 e. The number of carbonyl (C=O) groups is 1. The summed E-state index contributed by atoms with van der Waals surface area (Å²) >= 11 is 0. The Morgan fingerprint density at radius 1 is 1.33 bits per heavy atom. The number of H-pyrrole nitrogens is 1. The Balaban J connectivity index is 1.72. The first-order valence-corrected chi connectivity index (χ1v) is 7.67. The fourth-order valence-corrected chi connectivity index (χ4v) is 2.98. The van der Waals surface area contributed by atoms with Gasteiger partial charge in [-0.15, -0.1) is 0 Å². The highest BCUT2D eigenvalue weighted by molar-refractivity contribution is 5.99. The number of rotatable bonds is 3. The van der Waals surface area contributed by atoms with Crippen LogP contribution in [0, 0.1) is 19.8 Å². The Morgan fingerprint density at radius 3 is 2.95 bits per heavy atom. The topological polar surface area (TPSA) is 44.9 Å². The Labute approximate surface area is 125 Å². The van der Waals surface area contributed by atoms with Gasteiger partial charge in [-0.05, 0) is 62.8 Å². The molecule has 3 heteroatoms. The van der Waals surface area contributed by atoms with Crippen molar-refractivity contribution >= 4 is 16.8 Å². The van der Waals surface area contributed by atoms with Gasteiger partial charge < -0.3 is 10.3 Å². The molecule has 2 aromatic rings. The summed E-state index contributed by atoms with van der Waals surface area (Å²) < 4.78 is 0. The van der Waals surface area contributed by atoms with Gasteiger partial charge in [-0.1, -0.05) is 12.2 Å². The summed E-state index contributed by atoms with van der Waals surface area (Å²) in [6.45, 7) is 4.92. The van der Waals surface area contributed by atoms with Crippen LogP contribution in [0.1, 0.15) is 40.9 Å². The highest BCUT2D eigenvalue weighted by Crippen LogP contribution is 2.22. The van der Waals surface area contributed by atoms with Gasteiger partial charge in [0, 0.05) is 28.7 Å². The number of aromatic nitrogens is 1. The van der Waals surface area contributed by atoms with E-state index in [1.807, 2.05) is 18.2 Å².